The molecule has 0 aromatic heterocycles. The van der Waals surface area contributed by atoms with Crippen molar-refractivity contribution < 1.29 is 4.79 Å². The molecule has 1 aromatic carbocycles. The van der Waals surface area contributed by atoms with Crippen LogP contribution in [0.3, 0.4) is 0 Å². The van der Waals surface area contributed by atoms with Crippen LogP contribution in [0.1, 0.15) is 43.6 Å². The lowest BCUT2D eigenvalue weighted by Crippen LogP contribution is -2.49. The molecular formula is C18H23ClN2O. The third-order valence-corrected chi connectivity index (χ3v) is 5.96. The second-order valence-corrected chi connectivity index (χ2v) is 7.65. The predicted octanol–water partition coefficient (Wildman–Crippen LogP) is 3.18. The summed E-state index contributed by atoms with van der Waals surface area (Å²) in [5.74, 6) is 0.861. The monoisotopic (exact) mass is 318 g/mol. The Balaban J connectivity index is 1.40. The van der Waals surface area contributed by atoms with E-state index in [9.17, 15) is 4.79 Å². The van der Waals surface area contributed by atoms with Crippen molar-refractivity contribution in [2.45, 2.75) is 56.1 Å². The van der Waals surface area contributed by atoms with E-state index in [2.05, 4.69) is 11.4 Å². The third kappa shape index (κ3) is 2.65. The Labute approximate surface area is 137 Å². The quantitative estimate of drug-likeness (QED) is 0.928. The van der Waals surface area contributed by atoms with Gasteiger partial charge in [-0.25, -0.2) is 0 Å². The summed E-state index contributed by atoms with van der Waals surface area (Å²) < 4.78 is 0. The van der Waals surface area contributed by atoms with Crippen LogP contribution in [-0.4, -0.2) is 36.0 Å². The largest absolute Gasteiger partial charge is 0.342 e. The number of halogens is 1. The molecule has 0 radical (unpaired) electrons. The second kappa shape index (κ2) is 5.54. The van der Waals surface area contributed by atoms with E-state index in [0.29, 0.717) is 30.0 Å². The summed E-state index contributed by atoms with van der Waals surface area (Å²) in [5.41, 5.74) is 1.21. The Morgan fingerprint density at radius 3 is 2.64 bits per heavy atom. The average Bonchev–Trinajstić information content (AvgIpc) is 3.25. The first-order chi connectivity index (χ1) is 10.6. The summed E-state index contributed by atoms with van der Waals surface area (Å²) in [6, 6.07) is 9.64. The maximum Gasteiger partial charge on any atom is 0.226 e. The van der Waals surface area contributed by atoms with Gasteiger partial charge in [0.1, 0.15) is 0 Å². The molecule has 22 heavy (non-hydrogen) atoms. The number of rotatable bonds is 3. The number of nitrogens with one attached hydrogen (secondary N) is 1. The zero-order valence-electron chi connectivity index (χ0n) is 13.0. The van der Waals surface area contributed by atoms with Gasteiger partial charge < -0.3 is 10.2 Å². The zero-order chi connectivity index (χ0) is 15.3. The molecule has 1 amide bonds. The van der Waals surface area contributed by atoms with Crippen LogP contribution in [-0.2, 0) is 4.79 Å². The molecule has 4 atom stereocenters. The maximum atomic E-state index is 12.8. The Morgan fingerprint density at radius 1 is 1.23 bits per heavy atom. The number of fused-ring (bicyclic) bond motifs is 2. The molecule has 1 saturated carbocycles. The molecule has 3 fully saturated rings. The normalized spacial score (nSPS) is 36.2. The number of piperidine rings is 1. The van der Waals surface area contributed by atoms with Gasteiger partial charge in [-0.15, -0.1) is 0 Å². The fourth-order valence-corrected chi connectivity index (χ4v) is 4.56. The molecule has 0 spiro atoms. The minimum atomic E-state index is 0.163. The van der Waals surface area contributed by atoms with E-state index in [0.717, 1.165) is 24.3 Å². The summed E-state index contributed by atoms with van der Waals surface area (Å²) in [5, 5.41) is 4.41. The minimum absolute atomic E-state index is 0.163. The Bertz CT molecular complexity index is 578. The summed E-state index contributed by atoms with van der Waals surface area (Å²) in [6.45, 7) is 0. The van der Waals surface area contributed by atoms with Crippen LogP contribution in [0.2, 0.25) is 5.02 Å². The number of hydrogen-bond acceptors (Lipinski definition) is 2. The van der Waals surface area contributed by atoms with Crippen molar-refractivity contribution in [3.8, 4) is 0 Å². The van der Waals surface area contributed by atoms with Gasteiger partial charge in [-0.2, -0.15) is 0 Å². The lowest BCUT2D eigenvalue weighted by molar-refractivity contribution is -0.134. The lowest BCUT2D eigenvalue weighted by Gasteiger charge is -2.35. The lowest BCUT2D eigenvalue weighted by atomic mass is 9.98. The first kappa shape index (κ1) is 14.5. The van der Waals surface area contributed by atoms with Crippen molar-refractivity contribution in [1.29, 1.82) is 0 Å². The van der Waals surface area contributed by atoms with Crippen LogP contribution >= 0.6 is 11.6 Å². The molecule has 4 unspecified atom stereocenters. The SMILES string of the molecule is CN(C(=O)C1CC1c1cccc(Cl)c1)C1CC2CCC(C1)N2. The Kier molecular flexibility index (Phi) is 3.66. The first-order valence-corrected chi connectivity index (χ1v) is 8.78. The molecule has 3 nitrogen and oxygen atoms in total. The van der Waals surface area contributed by atoms with Gasteiger partial charge in [0, 0.05) is 36.1 Å². The Hall–Kier alpha value is -1.06. The first-order valence-electron chi connectivity index (χ1n) is 8.40. The van der Waals surface area contributed by atoms with Crippen LogP contribution in [0.15, 0.2) is 24.3 Å². The van der Waals surface area contributed by atoms with Crippen LogP contribution in [0.4, 0.5) is 0 Å². The highest BCUT2D eigenvalue weighted by molar-refractivity contribution is 6.30. The van der Waals surface area contributed by atoms with Gasteiger partial charge in [-0.05, 0) is 55.7 Å². The number of benzene rings is 1. The van der Waals surface area contributed by atoms with Gasteiger partial charge in [0.05, 0.1) is 0 Å². The predicted molar refractivity (Wildman–Crippen MR) is 88.0 cm³/mol. The molecule has 2 saturated heterocycles. The molecule has 4 heteroatoms. The molecule has 3 aliphatic rings. The van der Waals surface area contributed by atoms with Crippen molar-refractivity contribution in [2.24, 2.45) is 5.92 Å². The van der Waals surface area contributed by atoms with Crippen molar-refractivity contribution in [3.05, 3.63) is 34.9 Å². The zero-order valence-corrected chi connectivity index (χ0v) is 13.7. The van der Waals surface area contributed by atoms with E-state index in [1.165, 1.54) is 18.4 Å². The van der Waals surface area contributed by atoms with Gasteiger partial charge in [0.2, 0.25) is 5.91 Å². The topological polar surface area (TPSA) is 32.3 Å². The molecule has 118 valence electrons. The van der Waals surface area contributed by atoms with Crippen LogP contribution < -0.4 is 5.32 Å². The van der Waals surface area contributed by atoms with E-state index in [-0.39, 0.29) is 5.92 Å². The van der Waals surface area contributed by atoms with E-state index in [4.69, 9.17) is 11.6 Å². The molecule has 1 aromatic rings. The second-order valence-electron chi connectivity index (χ2n) is 7.22. The smallest absolute Gasteiger partial charge is 0.226 e. The van der Waals surface area contributed by atoms with Gasteiger partial charge in [-0.3, -0.25) is 4.79 Å². The summed E-state index contributed by atoms with van der Waals surface area (Å²) in [6.07, 6.45) is 5.76. The number of carbonyl (C=O) groups is 1. The molecule has 2 heterocycles. The maximum absolute atomic E-state index is 12.8. The number of amides is 1. The Morgan fingerprint density at radius 2 is 1.95 bits per heavy atom. The van der Waals surface area contributed by atoms with Gasteiger partial charge in [0.15, 0.2) is 0 Å². The summed E-state index contributed by atoms with van der Waals surface area (Å²) >= 11 is 6.07. The highest BCUT2D eigenvalue weighted by atomic mass is 35.5. The summed E-state index contributed by atoms with van der Waals surface area (Å²) in [4.78, 5) is 14.8. The average molecular weight is 319 g/mol. The van der Waals surface area contributed by atoms with E-state index < -0.39 is 0 Å². The van der Waals surface area contributed by atoms with Gasteiger partial charge in [0.25, 0.3) is 0 Å². The third-order valence-electron chi connectivity index (χ3n) is 5.73. The van der Waals surface area contributed by atoms with Gasteiger partial charge >= 0.3 is 0 Å². The van der Waals surface area contributed by atoms with Crippen LogP contribution in [0, 0.1) is 5.92 Å². The molecule has 2 bridgehead atoms. The van der Waals surface area contributed by atoms with E-state index >= 15 is 0 Å². The minimum Gasteiger partial charge on any atom is -0.342 e. The fourth-order valence-electron chi connectivity index (χ4n) is 4.36. The molecule has 4 rings (SSSR count). The highest BCUT2D eigenvalue weighted by Gasteiger charge is 2.47. The van der Waals surface area contributed by atoms with E-state index in [1.54, 1.807) is 0 Å². The fraction of sp³-hybridized carbons (Fsp3) is 0.611. The molecule has 1 aliphatic carbocycles. The van der Waals surface area contributed by atoms with Gasteiger partial charge in [-0.1, -0.05) is 23.7 Å². The van der Waals surface area contributed by atoms with Crippen molar-refractivity contribution in [2.75, 3.05) is 7.05 Å². The standard InChI is InChI=1S/C18H23ClN2O/c1-21(15-8-13-5-6-14(9-15)20-13)18(22)17-10-16(17)11-3-2-4-12(19)7-11/h2-4,7,13-17,20H,5-6,8-10H2,1H3. The number of carbonyl (C=O) groups excluding carboxylic acids is 1. The highest BCUT2D eigenvalue weighted by Crippen LogP contribution is 2.49. The van der Waals surface area contributed by atoms with Crippen LogP contribution in [0.5, 0.6) is 0 Å². The number of hydrogen-bond donors (Lipinski definition) is 1. The molecular weight excluding hydrogens is 296 g/mol. The molecule has 2 aliphatic heterocycles. The van der Waals surface area contributed by atoms with E-state index in [1.807, 2.05) is 30.1 Å². The number of nitrogens with zero attached hydrogens (tertiary/aromatic N) is 1. The molecule has 1 N–H and O–H groups in total. The van der Waals surface area contributed by atoms with Crippen molar-refractivity contribution >= 4 is 17.5 Å². The van der Waals surface area contributed by atoms with Crippen LogP contribution in [0.25, 0.3) is 0 Å². The summed E-state index contributed by atoms with van der Waals surface area (Å²) in [7, 11) is 2.01. The van der Waals surface area contributed by atoms with Crippen molar-refractivity contribution in [1.82, 2.24) is 10.2 Å². The van der Waals surface area contributed by atoms with Crippen molar-refractivity contribution in [3.63, 3.8) is 0 Å².